The summed E-state index contributed by atoms with van der Waals surface area (Å²) in [5.74, 6) is 0. The van der Waals surface area contributed by atoms with Crippen LogP contribution in [-0.4, -0.2) is 10.2 Å². The van der Waals surface area contributed by atoms with Crippen LogP contribution in [0.2, 0.25) is 5.02 Å². The Morgan fingerprint density at radius 3 is 2.52 bits per heavy atom. The second-order valence-corrected chi connectivity index (χ2v) is 4.81. The third kappa shape index (κ3) is 1.80. The zero-order valence-corrected chi connectivity index (χ0v) is 11.4. The van der Waals surface area contributed by atoms with Gasteiger partial charge in [0.1, 0.15) is 12.1 Å². The molecule has 0 saturated carbocycles. The molecular formula is C15H8ClN5. The van der Waals surface area contributed by atoms with E-state index < -0.39 is 0 Å². The molecule has 0 aliphatic rings. The van der Waals surface area contributed by atoms with Gasteiger partial charge in [0.2, 0.25) is 0 Å². The molecule has 1 aromatic heterocycles. The molecule has 0 saturated heterocycles. The van der Waals surface area contributed by atoms with Crippen molar-refractivity contribution in [1.82, 2.24) is 10.2 Å². The fourth-order valence-corrected chi connectivity index (χ4v) is 2.60. The van der Waals surface area contributed by atoms with Gasteiger partial charge in [-0.05, 0) is 6.07 Å². The van der Waals surface area contributed by atoms with Crippen LogP contribution in [0.15, 0.2) is 30.5 Å². The van der Waals surface area contributed by atoms with E-state index in [1.54, 1.807) is 24.3 Å². The number of nitrogens with two attached hydrogens (primary N) is 1. The van der Waals surface area contributed by atoms with E-state index >= 15 is 0 Å². The Bertz CT molecular complexity index is 943. The van der Waals surface area contributed by atoms with Crippen LogP contribution in [0.3, 0.4) is 0 Å². The number of anilines is 1. The molecule has 5 nitrogen and oxygen atoms in total. The van der Waals surface area contributed by atoms with E-state index in [2.05, 4.69) is 22.3 Å². The van der Waals surface area contributed by atoms with Crippen molar-refractivity contribution >= 4 is 28.2 Å². The lowest BCUT2D eigenvalue weighted by atomic mass is 9.91. The molecule has 3 aromatic rings. The molecule has 6 heteroatoms. The van der Waals surface area contributed by atoms with Crippen LogP contribution in [-0.2, 0) is 0 Å². The molecule has 2 aromatic carbocycles. The minimum atomic E-state index is 0.219. The quantitative estimate of drug-likeness (QED) is 0.672. The fraction of sp³-hybridized carbons (Fsp3) is 0. The van der Waals surface area contributed by atoms with E-state index in [1.807, 2.05) is 0 Å². The molecule has 1 heterocycles. The molecule has 0 unspecified atom stereocenters. The number of aromatic nitrogens is 2. The van der Waals surface area contributed by atoms with E-state index in [0.29, 0.717) is 32.6 Å². The monoisotopic (exact) mass is 293 g/mol. The highest BCUT2D eigenvalue weighted by atomic mass is 35.5. The molecule has 0 amide bonds. The molecular weight excluding hydrogens is 286 g/mol. The average molecular weight is 294 g/mol. The average Bonchev–Trinajstić information content (AvgIpc) is 2.97. The second-order valence-electron chi connectivity index (χ2n) is 4.40. The summed E-state index contributed by atoms with van der Waals surface area (Å²) >= 11 is 6.21. The van der Waals surface area contributed by atoms with Crippen molar-refractivity contribution in [1.29, 1.82) is 10.5 Å². The van der Waals surface area contributed by atoms with Gasteiger partial charge in [0.05, 0.1) is 28.5 Å². The van der Waals surface area contributed by atoms with Crippen molar-refractivity contribution in [3.63, 3.8) is 0 Å². The molecule has 0 aliphatic carbocycles. The number of nitriles is 2. The molecule has 0 fully saturated rings. The summed E-state index contributed by atoms with van der Waals surface area (Å²) in [7, 11) is 0. The van der Waals surface area contributed by atoms with E-state index in [0.717, 1.165) is 0 Å². The van der Waals surface area contributed by atoms with Gasteiger partial charge in [0, 0.05) is 21.5 Å². The van der Waals surface area contributed by atoms with Gasteiger partial charge in [-0.25, -0.2) is 0 Å². The van der Waals surface area contributed by atoms with Crippen molar-refractivity contribution in [2.24, 2.45) is 0 Å². The van der Waals surface area contributed by atoms with Gasteiger partial charge in [-0.1, -0.05) is 29.8 Å². The minimum absolute atomic E-state index is 0.219. The molecule has 0 atom stereocenters. The summed E-state index contributed by atoms with van der Waals surface area (Å²) in [5.41, 5.74) is 8.38. The second kappa shape index (κ2) is 4.82. The van der Waals surface area contributed by atoms with Crippen molar-refractivity contribution in [3.05, 3.63) is 46.6 Å². The summed E-state index contributed by atoms with van der Waals surface area (Å²) in [5, 5.41) is 26.6. The van der Waals surface area contributed by atoms with Crippen molar-refractivity contribution < 1.29 is 0 Å². The van der Waals surface area contributed by atoms with Gasteiger partial charge in [0.15, 0.2) is 0 Å². The number of benzene rings is 2. The standard InChI is InChI=1S/C15H8ClN5/c16-12-4-2-1-3-8(12)13-9(5-17)11-7-20-21-15(11)14(19)10(13)6-18/h1-4,7H,19H2,(H,20,21). The van der Waals surface area contributed by atoms with E-state index in [-0.39, 0.29) is 11.3 Å². The Labute approximate surface area is 125 Å². The number of nitrogens with zero attached hydrogens (tertiary/aromatic N) is 3. The molecule has 0 spiro atoms. The molecule has 0 aliphatic heterocycles. The van der Waals surface area contributed by atoms with E-state index in [4.69, 9.17) is 17.3 Å². The third-order valence-corrected chi connectivity index (χ3v) is 3.64. The number of nitrogen functional groups attached to an aromatic ring is 1. The van der Waals surface area contributed by atoms with Crippen LogP contribution >= 0.6 is 11.6 Å². The van der Waals surface area contributed by atoms with Crippen LogP contribution in [0.25, 0.3) is 22.0 Å². The number of hydrogen-bond donors (Lipinski definition) is 2. The lowest BCUT2D eigenvalue weighted by molar-refractivity contribution is 1.12. The molecule has 21 heavy (non-hydrogen) atoms. The fourth-order valence-electron chi connectivity index (χ4n) is 2.37. The van der Waals surface area contributed by atoms with Gasteiger partial charge in [-0.3, -0.25) is 5.10 Å². The number of fused-ring (bicyclic) bond motifs is 1. The van der Waals surface area contributed by atoms with Crippen molar-refractivity contribution in [2.75, 3.05) is 5.73 Å². The highest BCUT2D eigenvalue weighted by Gasteiger charge is 2.21. The smallest absolute Gasteiger partial charge is 0.102 e. The Hall–Kier alpha value is -3.02. The zero-order valence-electron chi connectivity index (χ0n) is 10.7. The Kier molecular flexibility index (Phi) is 2.98. The van der Waals surface area contributed by atoms with Gasteiger partial charge in [-0.15, -0.1) is 0 Å². The van der Waals surface area contributed by atoms with Gasteiger partial charge >= 0.3 is 0 Å². The predicted molar refractivity (Wildman–Crippen MR) is 80.4 cm³/mol. The topological polar surface area (TPSA) is 102 Å². The third-order valence-electron chi connectivity index (χ3n) is 3.31. The van der Waals surface area contributed by atoms with Crippen LogP contribution in [0.1, 0.15) is 11.1 Å². The summed E-state index contributed by atoms with van der Waals surface area (Å²) in [6.07, 6.45) is 1.52. The van der Waals surface area contributed by atoms with Crippen LogP contribution < -0.4 is 5.73 Å². The molecule has 3 rings (SSSR count). The van der Waals surface area contributed by atoms with Gasteiger partial charge < -0.3 is 5.73 Å². The van der Waals surface area contributed by atoms with Crippen molar-refractivity contribution in [3.8, 4) is 23.3 Å². The maximum atomic E-state index is 9.51. The summed E-state index contributed by atoms with van der Waals surface area (Å²) in [4.78, 5) is 0. The molecule has 100 valence electrons. The van der Waals surface area contributed by atoms with E-state index in [9.17, 15) is 10.5 Å². The van der Waals surface area contributed by atoms with Crippen molar-refractivity contribution in [2.45, 2.75) is 0 Å². The SMILES string of the molecule is N#Cc1c(-c2ccccc2Cl)c(C#N)c2cn[nH]c2c1N. The van der Waals surface area contributed by atoms with Crippen LogP contribution in [0.5, 0.6) is 0 Å². The minimum Gasteiger partial charge on any atom is -0.396 e. The number of H-pyrrole nitrogens is 1. The molecule has 0 radical (unpaired) electrons. The summed E-state index contributed by atoms with van der Waals surface area (Å²) in [6, 6.07) is 11.2. The Balaban J connectivity index is 2.56. The Morgan fingerprint density at radius 2 is 1.86 bits per heavy atom. The highest BCUT2D eigenvalue weighted by Crippen LogP contribution is 2.39. The predicted octanol–water partition coefficient (Wildman–Crippen LogP) is 3.21. The first-order valence-corrected chi connectivity index (χ1v) is 6.40. The Morgan fingerprint density at radius 1 is 1.14 bits per heavy atom. The summed E-state index contributed by atoms with van der Waals surface area (Å²) in [6.45, 7) is 0. The largest absolute Gasteiger partial charge is 0.396 e. The normalized spacial score (nSPS) is 10.2. The number of aromatic amines is 1. The summed E-state index contributed by atoms with van der Waals surface area (Å²) < 4.78 is 0. The highest BCUT2D eigenvalue weighted by molar-refractivity contribution is 6.33. The maximum absolute atomic E-state index is 9.51. The first kappa shape index (κ1) is 13.0. The van der Waals surface area contributed by atoms with Gasteiger partial charge in [0.25, 0.3) is 0 Å². The number of hydrogen-bond acceptors (Lipinski definition) is 4. The number of nitrogens with one attached hydrogen (secondary N) is 1. The molecule has 0 bridgehead atoms. The maximum Gasteiger partial charge on any atom is 0.102 e. The zero-order chi connectivity index (χ0) is 15.0. The van der Waals surface area contributed by atoms with Crippen LogP contribution in [0.4, 0.5) is 5.69 Å². The van der Waals surface area contributed by atoms with E-state index in [1.165, 1.54) is 6.20 Å². The van der Waals surface area contributed by atoms with Gasteiger partial charge in [-0.2, -0.15) is 15.6 Å². The van der Waals surface area contributed by atoms with Crippen LogP contribution in [0, 0.1) is 22.7 Å². The number of halogens is 1. The lowest BCUT2D eigenvalue weighted by Crippen LogP contribution is -1.99. The first-order valence-electron chi connectivity index (χ1n) is 6.02. The first-order chi connectivity index (χ1) is 10.2. The number of rotatable bonds is 1. The lowest BCUT2D eigenvalue weighted by Gasteiger charge is -2.12. The molecule has 3 N–H and O–H groups in total.